The van der Waals surface area contributed by atoms with Crippen molar-refractivity contribution in [3.63, 3.8) is 0 Å². The second-order valence-corrected chi connectivity index (χ2v) is 11.0. The van der Waals surface area contributed by atoms with Crippen LogP contribution in [0.5, 0.6) is 0 Å². The summed E-state index contributed by atoms with van der Waals surface area (Å²) in [6.45, 7) is 0.855. The van der Waals surface area contributed by atoms with E-state index < -0.39 is 21.3 Å². The molecule has 2 aromatic heterocycles. The summed E-state index contributed by atoms with van der Waals surface area (Å²) in [5, 5.41) is 8.05. The third-order valence-electron chi connectivity index (χ3n) is 5.44. The number of amides is 1. The quantitative estimate of drug-likeness (QED) is 0.480. The van der Waals surface area contributed by atoms with Crippen LogP contribution in [0.15, 0.2) is 18.2 Å². The van der Waals surface area contributed by atoms with Crippen molar-refractivity contribution < 1.29 is 13.2 Å². The zero-order chi connectivity index (χ0) is 23.3. The Kier molecular flexibility index (Phi) is 5.78. The maximum Gasteiger partial charge on any atom is 0.268 e. The number of hydrogen-bond donors (Lipinski definition) is 3. The van der Waals surface area contributed by atoms with E-state index in [9.17, 15) is 13.2 Å². The Hall–Kier alpha value is -2.47. The highest BCUT2D eigenvalue weighted by molar-refractivity contribution is 7.90. The van der Waals surface area contributed by atoms with Gasteiger partial charge in [-0.1, -0.05) is 35.3 Å². The molecule has 0 bridgehead atoms. The van der Waals surface area contributed by atoms with Crippen molar-refractivity contribution >= 4 is 55.9 Å². The first-order chi connectivity index (χ1) is 15.0. The molecule has 13 heteroatoms. The minimum Gasteiger partial charge on any atom is -0.364 e. The van der Waals surface area contributed by atoms with Crippen LogP contribution in [0, 0.1) is 0 Å². The number of benzene rings is 1. The van der Waals surface area contributed by atoms with E-state index in [4.69, 9.17) is 34.7 Å². The molecular weight excluding hydrogens is 477 g/mol. The number of anilines is 1. The predicted octanol–water partition coefficient (Wildman–Crippen LogP) is 1.77. The number of primary amides is 1. The summed E-state index contributed by atoms with van der Waals surface area (Å²) in [4.78, 5) is 23.0. The molecule has 10 nitrogen and oxygen atoms in total. The van der Waals surface area contributed by atoms with Crippen molar-refractivity contribution in [2.24, 2.45) is 11.5 Å². The van der Waals surface area contributed by atoms with Gasteiger partial charge in [0.05, 0.1) is 21.2 Å². The van der Waals surface area contributed by atoms with Gasteiger partial charge in [-0.15, -0.1) is 0 Å². The Morgan fingerprint density at radius 3 is 2.56 bits per heavy atom. The number of fused-ring (bicyclic) bond motifs is 1. The summed E-state index contributed by atoms with van der Waals surface area (Å²) in [5.74, 6) is -0.563. The normalized spacial score (nSPS) is 16.4. The SMILES string of the molecule is CS(=O)(=O)CC1(N)CCN(c2nc(C(N)=O)c3c(-c4cccc(Cl)c4Cl)n[nH]c3n2)CC1. The van der Waals surface area contributed by atoms with Gasteiger partial charge in [0.15, 0.2) is 5.65 Å². The fourth-order valence-corrected chi connectivity index (χ4v) is 5.66. The van der Waals surface area contributed by atoms with Gasteiger partial charge in [0.2, 0.25) is 5.95 Å². The summed E-state index contributed by atoms with van der Waals surface area (Å²) >= 11 is 12.5. The second-order valence-electron chi connectivity index (χ2n) is 8.05. The number of nitrogens with one attached hydrogen (secondary N) is 1. The van der Waals surface area contributed by atoms with Gasteiger partial charge in [-0.2, -0.15) is 10.1 Å². The highest BCUT2D eigenvalue weighted by Gasteiger charge is 2.35. The van der Waals surface area contributed by atoms with Crippen LogP contribution in [-0.4, -0.2) is 65.1 Å². The Balaban J connectivity index is 1.72. The number of nitrogens with two attached hydrogens (primary N) is 2. The Labute approximate surface area is 194 Å². The lowest BCUT2D eigenvalue weighted by Gasteiger charge is -2.38. The number of rotatable bonds is 5. The van der Waals surface area contributed by atoms with Gasteiger partial charge in [0.1, 0.15) is 21.2 Å². The van der Waals surface area contributed by atoms with Crippen LogP contribution < -0.4 is 16.4 Å². The highest BCUT2D eigenvalue weighted by Crippen LogP contribution is 2.37. The summed E-state index contributed by atoms with van der Waals surface area (Å²) in [7, 11) is -3.21. The molecule has 0 spiro atoms. The molecule has 170 valence electrons. The monoisotopic (exact) mass is 497 g/mol. The lowest BCUT2D eigenvalue weighted by atomic mass is 9.91. The molecular formula is C19H21Cl2N7O3S. The minimum absolute atomic E-state index is 0.00878. The Bertz CT molecular complexity index is 1320. The molecule has 1 saturated heterocycles. The first-order valence-electron chi connectivity index (χ1n) is 9.69. The summed E-state index contributed by atoms with van der Waals surface area (Å²) in [5.41, 5.74) is 12.3. The maximum atomic E-state index is 12.3. The zero-order valence-corrected chi connectivity index (χ0v) is 19.4. The Morgan fingerprint density at radius 1 is 1.25 bits per heavy atom. The summed E-state index contributed by atoms with van der Waals surface area (Å²) in [6.07, 6.45) is 2.03. The summed E-state index contributed by atoms with van der Waals surface area (Å²) in [6, 6.07) is 5.08. The van der Waals surface area contributed by atoms with Crippen molar-refractivity contribution in [1.82, 2.24) is 20.2 Å². The standard InChI is InChI=1S/C19H21Cl2N7O3S/c1-32(30,31)9-19(23)5-7-28(8-6-19)18-24-15(16(22)29)12-14(26-27-17(12)25-18)10-3-2-4-11(20)13(10)21/h2-4H,5-9,23H2,1H3,(H2,22,29)(H,24,25,26,27). The average Bonchev–Trinajstić information content (AvgIpc) is 3.12. The molecule has 3 heterocycles. The number of nitrogens with zero attached hydrogens (tertiary/aromatic N) is 4. The fourth-order valence-electron chi connectivity index (χ4n) is 3.94. The Morgan fingerprint density at radius 2 is 1.94 bits per heavy atom. The minimum atomic E-state index is -3.21. The van der Waals surface area contributed by atoms with Gasteiger partial charge in [0, 0.05) is 30.4 Å². The smallest absolute Gasteiger partial charge is 0.268 e. The van der Waals surface area contributed by atoms with Crippen LogP contribution in [0.1, 0.15) is 23.3 Å². The van der Waals surface area contributed by atoms with E-state index in [0.29, 0.717) is 53.2 Å². The number of aromatic nitrogens is 4. The van der Waals surface area contributed by atoms with E-state index in [2.05, 4.69) is 20.2 Å². The third-order valence-corrected chi connectivity index (χ3v) is 7.36. The van der Waals surface area contributed by atoms with Gasteiger partial charge < -0.3 is 16.4 Å². The van der Waals surface area contributed by atoms with Crippen molar-refractivity contribution in [2.45, 2.75) is 18.4 Å². The van der Waals surface area contributed by atoms with Crippen LogP contribution >= 0.6 is 23.2 Å². The molecule has 1 amide bonds. The number of carbonyl (C=O) groups excluding carboxylic acids is 1. The van der Waals surface area contributed by atoms with Gasteiger partial charge in [-0.25, -0.2) is 13.4 Å². The number of halogens is 2. The summed E-state index contributed by atoms with van der Waals surface area (Å²) < 4.78 is 23.4. The molecule has 5 N–H and O–H groups in total. The molecule has 3 aromatic rings. The highest BCUT2D eigenvalue weighted by atomic mass is 35.5. The first kappa shape index (κ1) is 22.7. The number of hydrogen-bond acceptors (Lipinski definition) is 8. The van der Waals surface area contributed by atoms with E-state index in [-0.39, 0.29) is 22.4 Å². The lowest BCUT2D eigenvalue weighted by molar-refractivity contribution is 0.0997. The fraction of sp³-hybridized carbons (Fsp3) is 0.368. The first-order valence-corrected chi connectivity index (χ1v) is 12.5. The van der Waals surface area contributed by atoms with Gasteiger partial charge in [-0.3, -0.25) is 9.89 Å². The average molecular weight is 498 g/mol. The lowest BCUT2D eigenvalue weighted by Crippen LogP contribution is -2.54. The van der Waals surface area contributed by atoms with E-state index in [1.165, 1.54) is 6.26 Å². The maximum absolute atomic E-state index is 12.3. The third kappa shape index (κ3) is 4.38. The van der Waals surface area contributed by atoms with Crippen LogP contribution in [0.2, 0.25) is 10.0 Å². The van der Waals surface area contributed by atoms with E-state index in [1.807, 2.05) is 4.90 Å². The van der Waals surface area contributed by atoms with Crippen LogP contribution in [0.4, 0.5) is 5.95 Å². The van der Waals surface area contributed by atoms with E-state index in [1.54, 1.807) is 18.2 Å². The molecule has 0 saturated carbocycles. The number of sulfone groups is 1. The molecule has 1 aliphatic heterocycles. The molecule has 1 aliphatic rings. The van der Waals surface area contributed by atoms with Gasteiger partial charge in [0.25, 0.3) is 5.91 Å². The number of piperidine rings is 1. The van der Waals surface area contributed by atoms with E-state index >= 15 is 0 Å². The van der Waals surface area contributed by atoms with Crippen molar-refractivity contribution in [2.75, 3.05) is 30.0 Å². The van der Waals surface area contributed by atoms with Gasteiger partial charge in [-0.05, 0) is 18.9 Å². The van der Waals surface area contributed by atoms with Crippen LogP contribution in [0.25, 0.3) is 22.3 Å². The topological polar surface area (TPSA) is 161 Å². The predicted molar refractivity (Wildman–Crippen MR) is 124 cm³/mol. The molecule has 1 aromatic carbocycles. The number of aromatic amines is 1. The molecule has 0 atom stereocenters. The molecule has 32 heavy (non-hydrogen) atoms. The molecule has 1 fully saturated rings. The second kappa shape index (κ2) is 8.14. The molecule has 4 rings (SSSR count). The van der Waals surface area contributed by atoms with Gasteiger partial charge >= 0.3 is 0 Å². The van der Waals surface area contributed by atoms with Crippen molar-refractivity contribution in [3.8, 4) is 11.3 Å². The largest absolute Gasteiger partial charge is 0.364 e. The molecule has 0 aliphatic carbocycles. The number of H-pyrrole nitrogens is 1. The van der Waals surface area contributed by atoms with E-state index in [0.717, 1.165) is 0 Å². The molecule has 0 radical (unpaired) electrons. The van der Waals surface area contributed by atoms with Crippen molar-refractivity contribution in [1.29, 1.82) is 0 Å². The van der Waals surface area contributed by atoms with Crippen LogP contribution in [0.3, 0.4) is 0 Å². The zero-order valence-electron chi connectivity index (χ0n) is 17.1. The van der Waals surface area contributed by atoms with Crippen LogP contribution in [-0.2, 0) is 9.84 Å². The molecule has 0 unspecified atom stereocenters. The van der Waals surface area contributed by atoms with Crippen molar-refractivity contribution in [3.05, 3.63) is 33.9 Å². The number of carbonyl (C=O) groups is 1.